The van der Waals surface area contributed by atoms with E-state index in [1.54, 1.807) is 6.20 Å². The molecule has 3 heteroatoms. The van der Waals surface area contributed by atoms with E-state index in [0.717, 1.165) is 24.0 Å². The number of ether oxygens (including phenoxy) is 1. The monoisotopic (exact) mass is 234 g/mol. The molecule has 1 fully saturated rings. The third-order valence-corrected chi connectivity index (χ3v) is 3.36. The van der Waals surface area contributed by atoms with Gasteiger partial charge < -0.3 is 10.1 Å². The smallest absolute Gasteiger partial charge is 0.237 e. The first-order chi connectivity index (χ1) is 8.40. The van der Waals surface area contributed by atoms with Crippen LogP contribution in [-0.2, 0) is 0 Å². The van der Waals surface area contributed by atoms with Crippen LogP contribution in [0.2, 0.25) is 0 Å². The number of hydrogen-bond acceptors (Lipinski definition) is 3. The molecule has 1 aromatic rings. The molecule has 0 amide bonds. The van der Waals surface area contributed by atoms with Gasteiger partial charge in [0.1, 0.15) is 0 Å². The molecule has 1 aromatic heterocycles. The van der Waals surface area contributed by atoms with Gasteiger partial charge in [-0.25, -0.2) is 4.98 Å². The Labute approximate surface area is 104 Å². The Morgan fingerprint density at radius 3 is 2.94 bits per heavy atom. The molecule has 17 heavy (non-hydrogen) atoms. The molecule has 1 aliphatic carbocycles. The van der Waals surface area contributed by atoms with Crippen LogP contribution in [0.5, 0.6) is 5.88 Å². The SMILES string of the molecule is CCOc1ncccc1NCC1CCCCC1. The molecule has 0 spiro atoms. The Balaban J connectivity index is 1.88. The zero-order valence-electron chi connectivity index (χ0n) is 10.6. The molecule has 0 aliphatic heterocycles. The van der Waals surface area contributed by atoms with Gasteiger partial charge in [0.2, 0.25) is 5.88 Å². The first-order valence-electron chi connectivity index (χ1n) is 6.72. The first kappa shape index (κ1) is 12.2. The molecule has 0 atom stereocenters. The zero-order chi connectivity index (χ0) is 11.9. The van der Waals surface area contributed by atoms with Crippen molar-refractivity contribution in [2.45, 2.75) is 39.0 Å². The molecule has 0 aromatic carbocycles. The topological polar surface area (TPSA) is 34.1 Å². The molecule has 0 radical (unpaired) electrons. The Kier molecular flexibility index (Phi) is 4.65. The van der Waals surface area contributed by atoms with Crippen LogP contribution in [-0.4, -0.2) is 18.1 Å². The average Bonchev–Trinajstić information content (AvgIpc) is 2.39. The van der Waals surface area contributed by atoms with Crippen molar-refractivity contribution < 1.29 is 4.74 Å². The number of anilines is 1. The van der Waals surface area contributed by atoms with Crippen LogP contribution in [0.15, 0.2) is 18.3 Å². The van der Waals surface area contributed by atoms with Crippen molar-refractivity contribution in [3.05, 3.63) is 18.3 Å². The van der Waals surface area contributed by atoms with Crippen LogP contribution in [0.4, 0.5) is 5.69 Å². The van der Waals surface area contributed by atoms with E-state index in [1.807, 2.05) is 19.1 Å². The van der Waals surface area contributed by atoms with Gasteiger partial charge in [-0.2, -0.15) is 0 Å². The molecule has 0 unspecified atom stereocenters. The fourth-order valence-electron chi connectivity index (χ4n) is 2.42. The minimum atomic E-state index is 0.662. The van der Waals surface area contributed by atoms with E-state index in [1.165, 1.54) is 32.1 Å². The van der Waals surface area contributed by atoms with Crippen molar-refractivity contribution >= 4 is 5.69 Å². The Hall–Kier alpha value is -1.25. The van der Waals surface area contributed by atoms with Crippen LogP contribution >= 0.6 is 0 Å². The normalized spacial score (nSPS) is 16.8. The van der Waals surface area contributed by atoms with Crippen molar-refractivity contribution in [1.82, 2.24) is 4.98 Å². The summed E-state index contributed by atoms with van der Waals surface area (Å²) in [6.45, 7) is 3.69. The lowest BCUT2D eigenvalue weighted by Gasteiger charge is -2.22. The molecule has 94 valence electrons. The summed E-state index contributed by atoms with van der Waals surface area (Å²) in [4.78, 5) is 4.25. The summed E-state index contributed by atoms with van der Waals surface area (Å²) in [6, 6.07) is 3.99. The summed E-state index contributed by atoms with van der Waals surface area (Å²) in [6.07, 6.45) is 8.67. The average molecular weight is 234 g/mol. The summed E-state index contributed by atoms with van der Waals surface area (Å²) in [7, 11) is 0. The summed E-state index contributed by atoms with van der Waals surface area (Å²) in [5.74, 6) is 1.55. The Bertz CT molecular complexity index is 335. The van der Waals surface area contributed by atoms with Gasteiger partial charge in [-0.1, -0.05) is 19.3 Å². The zero-order valence-corrected chi connectivity index (χ0v) is 10.6. The van der Waals surface area contributed by atoms with Crippen LogP contribution in [0.3, 0.4) is 0 Å². The fraction of sp³-hybridized carbons (Fsp3) is 0.643. The van der Waals surface area contributed by atoms with Crippen molar-refractivity contribution in [3.8, 4) is 5.88 Å². The Morgan fingerprint density at radius 2 is 2.18 bits per heavy atom. The van der Waals surface area contributed by atoms with E-state index in [-0.39, 0.29) is 0 Å². The number of nitrogens with zero attached hydrogens (tertiary/aromatic N) is 1. The van der Waals surface area contributed by atoms with Gasteiger partial charge in [-0.3, -0.25) is 0 Å². The van der Waals surface area contributed by atoms with E-state index in [4.69, 9.17) is 4.74 Å². The number of hydrogen-bond donors (Lipinski definition) is 1. The van der Waals surface area contributed by atoms with Gasteiger partial charge in [0.15, 0.2) is 0 Å². The highest BCUT2D eigenvalue weighted by molar-refractivity contribution is 5.51. The molecule has 1 aliphatic rings. The van der Waals surface area contributed by atoms with Crippen molar-refractivity contribution in [2.75, 3.05) is 18.5 Å². The molecule has 3 nitrogen and oxygen atoms in total. The third kappa shape index (κ3) is 3.62. The number of pyridine rings is 1. The molecule has 1 saturated carbocycles. The van der Waals surface area contributed by atoms with Crippen LogP contribution in [0.1, 0.15) is 39.0 Å². The largest absolute Gasteiger partial charge is 0.476 e. The summed E-state index contributed by atoms with van der Waals surface area (Å²) in [5, 5.41) is 3.48. The maximum absolute atomic E-state index is 5.50. The van der Waals surface area contributed by atoms with Gasteiger partial charge in [0.25, 0.3) is 0 Å². The predicted octanol–water partition coefficient (Wildman–Crippen LogP) is 3.47. The molecule has 1 N–H and O–H groups in total. The minimum Gasteiger partial charge on any atom is -0.476 e. The maximum Gasteiger partial charge on any atom is 0.237 e. The first-order valence-corrected chi connectivity index (χ1v) is 6.72. The van der Waals surface area contributed by atoms with E-state index in [2.05, 4.69) is 10.3 Å². The summed E-state index contributed by atoms with van der Waals surface area (Å²) in [5.41, 5.74) is 1.03. The van der Waals surface area contributed by atoms with Crippen LogP contribution in [0.25, 0.3) is 0 Å². The van der Waals surface area contributed by atoms with E-state index in [0.29, 0.717) is 6.61 Å². The van der Waals surface area contributed by atoms with Crippen molar-refractivity contribution in [3.63, 3.8) is 0 Å². The molecule has 0 bridgehead atoms. The van der Waals surface area contributed by atoms with Crippen LogP contribution in [0, 0.1) is 5.92 Å². The number of aromatic nitrogens is 1. The summed E-state index contributed by atoms with van der Waals surface area (Å²) >= 11 is 0. The Morgan fingerprint density at radius 1 is 1.35 bits per heavy atom. The second-order valence-electron chi connectivity index (χ2n) is 4.67. The highest BCUT2D eigenvalue weighted by atomic mass is 16.5. The van der Waals surface area contributed by atoms with Gasteiger partial charge in [0, 0.05) is 12.7 Å². The summed E-state index contributed by atoms with van der Waals surface area (Å²) < 4.78 is 5.50. The third-order valence-electron chi connectivity index (χ3n) is 3.36. The van der Waals surface area contributed by atoms with Gasteiger partial charge in [-0.05, 0) is 37.8 Å². The lowest BCUT2D eigenvalue weighted by Crippen LogP contribution is -2.17. The minimum absolute atomic E-state index is 0.662. The van der Waals surface area contributed by atoms with E-state index < -0.39 is 0 Å². The second kappa shape index (κ2) is 6.48. The van der Waals surface area contributed by atoms with Gasteiger partial charge >= 0.3 is 0 Å². The van der Waals surface area contributed by atoms with E-state index >= 15 is 0 Å². The maximum atomic E-state index is 5.50. The van der Waals surface area contributed by atoms with Gasteiger partial charge in [0.05, 0.1) is 12.3 Å². The highest BCUT2D eigenvalue weighted by Crippen LogP contribution is 2.26. The van der Waals surface area contributed by atoms with Crippen molar-refractivity contribution in [2.24, 2.45) is 5.92 Å². The van der Waals surface area contributed by atoms with Crippen molar-refractivity contribution in [1.29, 1.82) is 0 Å². The molecular weight excluding hydrogens is 212 g/mol. The van der Waals surface area contributed by atoms with Gasteiger partial charge in [-0.15, -0.1) is 0 Å². The highest BCUT2D eigenvalue weighted by Gasteiger charge is 2.13. The molecule has 2 rings (SSSR count). The lowest BCUT2D eigenvalue weighted by molar-refractivity contribution is 0.327. The molecule has 0 saturated heterocycles. The number of rotatable bonds is 5. The van der Waals surface area contributed by atoms with E-state index in [9.17, 15) is 0 Å². The molecular formula is C14H22N2O. The quantitative estimate of drug-likeness (QED) is 0.847. The fourth-order valence-corrected chi connectivity index (χ4v) is 2.42. The lowest BCUT2D eigenvalue weighted by atomic mass is 9.89. The standard InChI is InChI=1S/C14H22N2O/c1-2-17-14-13(9-6-10-15-14)16-11-12-7-4-3-5-8-12/h6,9-10,12,16H,2-5,7-8,11H2,1H3. The van der Waals surface area contributed by atoms with Crippen LogP contribution < -0.4 is 10.1 Å². The number of nitrogens with one attached hydrogen (secondary N) is 1. The second-order valence-corrected chi connectivity index (χ2v) is 4.67. The molecule has 1 heterocycles. The predicted molar refractivity (Wildman–Crippen MR) is 70.5 cm³/mol.